The normalized spacial score (nSPS) is 20.6. The Balaban J connectivity index is 1.22. The molecule has 0 saturated carbocycles. The zero-order valence-electron chi connectivity index (χ0n) is 20.3. The summed E-state index contributed by atoms with van der Waals surface area (Å²) in [6, 6.07) is 24.1. The quantitative estimate of drug-likeness (QED) is 0.336. The highest BCUT2D eigenvalue weighted by atomic mass is 16.3. The molecule has 3 aromatic carbocycles. The van der Waals surface area contributed by atoms with Crippen molar-refractivity contribution in [3.05, 3.63) is 119 Å². The minimum absolute atomic E-state index is 0.0998. The van der Waals surface area contributed by atoms with Gasteiger partial charge in [-0.2, -0.15) is 0 Å². The molecule has 1 unspecified atom stereocenters. The van der Waals surface area contributed by atoms with Gasteiger partial charge >= 0.3 is 0 Å². The van der Waals surface area contributed by atoms with E-state index in [0.717, 1.165) is 30.4 Å². The van der Waals surface area contributed by atoms with Crippen LogP contribution < -0.4 is 5.32 Å². The fourth-order valence-electron chi connectivity index (χ4n) is 6.30. The second kappa shape index (κ2) is 7.61. The lowest BCUT2D eigenvalue weighted by molar-refractivity contribution is 0.602. The van der Waals surface area contributed by atoms with Crippen LogP contribution in [0.15, 0.2) is 107 Å². The molecule has 1 aromatic heterocycles. The first-order valence-electron chi connectivity index (χ1n) is 12.7. The number of allylic oxidation sites excluding steroid dienone is 5. The van der Waals surface area contributed by atoms with Gasteiger partial charge in [-0.15, -0.1) is 0 Å². The summed E-state index contributed by atoms with van der Waals surface area (Å²) in [5.74, 6) is 0. The average Bonchev–Trinajstić information content (AvgIpc) is 3.37. The second-order valence-corrected chi connectivity index (χ2v) is 10.5. The van der Waals surface area contributed by atoms with E-state index in [1.165, 1.54) is 44.3 Å². The molecule has 1 atom stereocenters. The van der Waals surface area contributed by atoms with Gasteiger partial charge in [0, 0.05) is 33.5 Å². The van der Waals surface area contributed by atoms with Crippen LogP contribution >= 0.6 is 0 Å². The molecule has 1 heterocycles. The van der Waals surface area contributed by atoms with Crippen molar-refractivity contribution >= 4 is 33.1 Å². The van der Waals surface area contributed by atoms with Gasteiger partial charge in [0.05, 0.1) is 0 Å². The largest absolute Gasteiger partial charge is 0.456 e. The lowest BCUT2D eigenvalue weighted by Crippen LogP contribution is -2.29. The number of hydrogen-bond donors (Lipinski definition) is 1. The SMILES string of the molecule is CC1(C)C2=C(C(NC3C=C(c4ccc5c(c4)oc4ccccc45)C=CC3)=CCC2)c2ccccc21. The summed E-state index contributed by atoms with van der Waals surface area (Å²) < 4.78 is 6.15. The van der Waals surface area contributed by atoms with Crippen molar-refractivity contribution in [3.8, 4) is 0 Å². The molecule has 3 aliphatic rings. The van der Waals surface area contributed by atoms with Crippen LogP contribution in [0.1, 0.15) is 49.8 Å². The summed E-state index contributed by atoms with van der Waals surface area (Å²) in [4.78, 5) is 0. The Morgan fingerprint density at radius 2 is 1.74 bits per heavy atom. The third-order valence-corrected chi connectivity index (χ3v) is 8.06. The maximum atomic E-state index is 6.15. The van der Waals surface area contributed by atoms with Gasteiger partial charge in [-0.3, -0.25) is 0 Å². The average molecular weight is 456 g/mol. The van der Waals surface area contributed by atoms with Crippen LogP contribution in [-0.2, 0) is 5.41 Å². The Morgan fingerprint density at radius 1 is 0.914 bits per heavy atom. The zero-order valence-corrected chi connectivity index (χ0v) is 20.3. The molecule has 7 rings (SSSR count). The first kappa shape index (κ1) is 20.6. The molecule has 0 radical (unpaired) electrons. The highest BCUT2D eigenvalue weighted by molar-refractivity contribution is 6.05. The number of furan rings is 1. The van der Waals surface area contributed by atoms with Crippen LogP contribution in [-0.4, -0.2) is 6.04 Å². The van der Waals surface area contributed by atoms with E-state index in [1.807, 2.05) is 12.1 Å². The number of benzene rings is 3. The third-order valence-electron chi connectivity index (χ3n) is 8.06. The van der Waals surface area contributed by atoms with Crippen LogP contribution in [0.2, 0.25) is 0 Å². The van der Waals surface area contributed by atoms with E-state index < -0.39 is 0 Å². The summed E-state index contributed by atoms with van der Waals surface area (Å²) >= 11 is 0. The van der Waals surface area contributed by atoms with E-state index in [0.29, 0.717) is 0 Å². The van der Waals surface area contributed by atoms with E-state index in [4.69, 9.17) is 4.42 Å². The zero-order chi connectivity index (χ0) is 23.6. The van der Waals surface area contributed by atoms with Crippen molar-refractivity contribution in [2.24, 2.45) is 0 Å². The Morgan fingerprint density at radius 3 is 2.69 bits per heavy atom. The van der Waals surface area contributed by atoms with Crippen LogP contribution in [0.25, 0.3) is 33.1 Å². The predicted molar refractivity (Wildman–Crippen MR) is 146 cm³/mol. The van der Waals surface area contributed by atoms with Crippen molar-refractivity contribution in [3.63, 3.8) is 0 Å². The summed E-state index contributed by atoms with van der Waals surface area (Å²) in [7, 11) is 0. The molecule has 0 spiro atoms. The molecule has 4 aromatic rings. The maximum absolute atomic E-state index is 6.15. The van der Waals surface area contributed by atoms with E-state index in [2.05, 4.69) is 98.1 Å². The molecule has 2 heteroatoms. The first-order valence-corrected chi connectivity index (χ1v) is 12.7. The van der Waals surface area contributed by atoms with Gasteiger partial charge < -0.3 is 9.73 Å². The topological polar surface area (TPSA) is 25.2 Å². The fourth-order valence-corrected chi connectivity index (χ4v) is 6.30. The number of nitrogens with one attached hydrogen (secondary N) is 1. The van der Waals surface area contributed by atoms with Crippen molar-refractivity contribution in [1.82, 2.24) is 5.32 Å². The van der Waals surface area contributed by atoms with Crippen LogP contribution in [0, 0.1) is 0 Å². The molecule has 0 aliphatic heterocycles. The molecule has 0 fully saturated rings. The molecule has 3 aliphatic carbocycles. The Labute approximate surface area is 206 Å². The van der Waals surface area contributed by atoms with Gasteiger partial charge in [0.1, 0.15) is 11.2 Å². The number of rotatable bonds is 3. The highest BCUT2D eigenvalue weighted by Crippen LogP contribution is 2.51. The van der Waals surface area contributed by atoms with E-state index >= 15 is 0 Å². The minimum Gasteiger partial charge on any atom is -0.456 e. The summed E-state index contributed by atoms with van der Waals surface area (Å²) in [5.41, 5.74) is 11.6. The van der Waals surface area contributed by atoms with Crippen LogP contribution in [0.4, 0.5) is 0 Å². The van der Waals surface area contributed by atoms with Gasteiger partial charge in [-0.1, -0.05) is 86.7 Å². The Bertz CT molecular complexity index is 1620. The molecule has 1 N–H and O–H groups in total. The molecule has 172 valence electrons. The molecule has 0 saturated heterocycles. The van der Waals surface area contributed by atoms with Crippen molar-refractivity contribution in [2.45, 2.75) is 44.6 Å². The fraction of sp³-hybridized carbons (Fsp3) is 0.212. The predicted octanol–water partition coefficient (Wildman–Crippen LogP) is 8.31. The lowest BCUT2D eigenvalue weighted by atomic mass is 9.78. The van der Waals surface area contributed by atoms with Crippen molar-refractivity contribution in [1.29, 1.82) is 0 Å². The van der Waals surface area contributed by atoms with Gasteiger partial charge in [0.15, 0.2) is 0 Å². The van der Waals surface area contributed by atoms with Crippen LogP contribution in [0.5, 0.6) is 0 Å². The van der Waals surface area contributed by atoms with Gasteiger partial charge in [-0.05, 0) is 65.3 Å². The number of para-hydroxylation sites is 1. The number of hydrogen-bond acceptors (Lipinski definition) is 2. The summed E-state index contributed by atoms with van der Waals surface area (Å²) in [6.07, 6.45) is 12.6. The van der Waals surface area contributed by atoms with Gasteiger partial charge in [0.2, 0.25) is 0 Å². The molecular formula is C33H29NO. The molecule has 2 nitrogen and oxygen atoms in total. The molecule has 0 amide bonds. The molecular weight excluding hydrogens is 426 g/mol. The summed E-state index contributed by atoms with van der Waals surface area (Å²) in [5, 5.41) is 6.27. The van der Waals surface area contributed by atoms with Crippen molar-refractivity contribution in [2.75, 3.05) is 0 Å². The molecule has 0 bridgehead atoms. The van der Waals surface area contributed by atoms with E-state index in [-0.39, 0.29) is 11.5 Å². The third kappa shape index (κ3) is 3.16. The Hall–Kier alpha value is -3.78. The van der Waals surface area contributed by atoms with Crippen LogP contribution in [0.3, 0.4) is 0 Å². The summed E-state index contributed by atoms with van der Waals surface area (Å²) in [6.45, 7) is 4.76. The van der Waals surface area contributed by atoms with E-state index in [1.54, 1.807) is 5.57 Å². The minimum atomic E-state index is 0.0998. The van der Waals surface area contributed by atoms with Gasteiger partial charge in [-0.25, -0.2) is 0 Å². The van der Waals surface area contributed by atoms with Crippen molar-refractivity contribution < 1.29 is 4.42 Å². The molecule has 35 heavy (non-hydrogen) atoms. The standard InChI is InChI=1S/C33H29NO/c1-33(2)27-13-5-3-12-26(27)32-28(33)14-8-15-29(32)34-23-10-7-9-21(19-23)22-17-18-25-24-11-4-6-16-30(24)35-31(25)20-22/h3-7,9,11-13,15-20,23,34H,8,10,14H2,1-2H3. The lowest BCUT2D eigenvalue weighted by Gasteiger charge is -2.28. The van der Waals surface area contributed by atoms with Gasteiger partial charge in [0.25, 0.3) is 0 Å². The monoisotopic (exact) mass is 455 g/mol. The second-order valence-electron chi connectivity index (χ2n) is 10.5. The highest BCUT2D eigenvalue weighted by Gasteiger charge is 2.39. The maximum Gasteiger partial charge on any atom is 0.136 e. The number of fused-ring (bicyclic) bond motifs is 5. The smallest absolute Gasteiger partial charge is 0.136 e. The van der Waals surface area contributed by atoms with E-state index in [9.17, 15) is 0 Å². The first-order chi connectivity index (χ1) is 17.1. The Kier molecular flexibility index (Phi) is 4.48.